The molecule has 0 spiro atoms. The highest BCUT2D eigenvalue weighted by molar-refractivity contribution is 5.58. The minimum Gasteiger partial charge on any atom is -0.388 e. The van der Waals surface area contributed by atoms with E-state index in [0.29, 0.717) is 0 Å². The molecule has 0 bridgehead atoms. The Hall–Kier alpha value is -1.80. The van der Waals surface area contributed by atoms with Crippen molar-refractivity contribution in [2.24, 2.45) is 0 Å². The third-order valence-electron chi connectivity index (χ3n) is 4.40. The van der Waals surface area contributed by atoms with E-state index in [-0.39, 0.29) is 6.10 Å². The number of aliphatic hydroxyl groups excluding tert-OH is 1. The topological polar surface area (TPSA) is 23.5 Å². The summed E-state index contributed by atoms with van der Waals surface area (Å²) >= 11 is 0. The second-order valence-electron chi connectivity index (χ2n) is 5.95. The number of benzene rings is 2. The Balaban J connectivity index is 1.57. The second-order valence-corrected chi connectivity index (χ2v) is 5.95. The lowest BCUT2D eigenvalue weighted by Crippen LogP contribution is -2.12. The summed E-state index contributed by atoms with van der Waals surface area (Å²) < 4.78 is 0. The van der Waals surface area contributed by atoms with Gasteiger partial charge in [-0.2, -0.15) is 0 Å². The molecule has 3 rings (SSSR count). The number of hydrogen-bond acceptors (Lipinski definition) is 2. The smallest absolute Gasteiger partial charge is 0.0790 e. The predicted molar refractivity (Wildman–Crippen MR) is 87.8 cm³/mol. The number of aryl methyl sites for hydroxylation is 1. The number of anilines is 1. The zero-order valence-electron chi connectivity index (χ0n) is 12.6. The standard InChI is InChI=1S/C19H23NO/c1-20-13-12-16-14-17(10-11-18(16)20)19(21)9-5-8-15-6-3-2-4-7-15/h2-4,6-7,10-11,14,19,21H,5,8-9,12-13H2,1H3. The van der Waals surface area contributed by atoms with E-state index in [1.165, 1.54) is 16.8 Å². The molecule has 0 amide bonds. The molecule has 110 valence electrons. The van der Waals surface area contributed by atoms with Crippen LogP contribution >= 0.6 is 0 Å². The first-order chi connectivity index (χ1) is 10.2. The van der Waals surface area contributed by atoms with Crippen LogP contribution in [0.15, 0.2) is 48.5 Å². The van der Waals surface area contributed by atoms with Crippen molar-refractivity contribution < 1.29 is 5.11 Å². The minimum absolute atomic E-state index is 0.343. The van der Waals surface area contributed by atoms with Crippen LogP contribution in [-0.2, 0) is 12.8 Å². The molecular formula is C19H23NO. The second kappa shape index (κ2) is 6.31. The lowest BCUT2D eigenvalue weighted by atomic mass is 9.99. The molecule has 2 aromatic carbocycles. The average Bonchev–Trinajstić information content (AvgIpc) is 2.89. The summed E-state index contributed by atoms with van der Waals surface area (Å²) in [6.07, 6.45) is 3.62. The summed E-state index contributed by atoms with van der Waals surface area (Å²) in [5.41, 5.74) is 5.10. The van der Waals surface area contributed by atoms with Gasteiger partial charge in [0.15, 0.2) is 0 Å². The van der Waals surface area contributed by atoms with Gasteiger partial charge in [0.25, 0.3) is 0 Å². The summed E-state index contributed by atoms with van der Waals surface area (Å²) in [6.45, 7) is 1.09. The monoisotopic (exact) mass is 281 g/mol. The third kappa shape index (κ3) is 3.27. The Morgan fingerprint density at radius 2 is 1.95 bits per heavy atom. The molecule has 0 fully saturated rings. The Morgan fingerprint density at radius 3 is 2.76 bits per heavy atom. The van der Waals surface area contributed by atoms with E-state index in [2.05, 4.69) is 54.4 Å². The summed E-state index contributed by atoms with van der Waals surface area (Å²) in [6, 6.07) is 16.9. The van der Waals surface area contributed by atoms with Gasteiger partial charge in [-0.3, -0.25) is 0 Å². The van der Waals surface area contributed by atoms with Gasteiger partial charge >= 0.3 is 0 Å². The summed E-state index contributed by atoms with van der Waals surface area (Å²) in [5, 5.41) is 10.4. The van der Waals surface area contributed by atoms with Crippen molar-refractivity contribution in [2.45, 2.75) is 31.8 Å². The maximum Gasteiger partial charge on any atom is 0.0790 e. The van der Waals surface area contributed by atoms with Crippen molar-refractivity contribution in [1.29, 1.82) is 0 Å². The number of fused-ring (bicyclic) bond motifs is 1. The maximum atomic E-state index is 10.4. The van der Waals surface area contributed by atoms with E-state index < -0.39 is 0 Å². The summed E-state index contributed by atoms with van der Waals surface area (Å²) in [5.74, 6) is 0. The van der Waals surface area contributed by atoms with Gasteiger partial charge < -0.3 is 10.0 Å². The van der Waals surface area contributed by atoms with Crippen molar-refractivity contribution in [3.8, 4) is 0 Å². The lowest BCUT2D eigenvalue weighted by molar-refractivity contribution is 0.164. The zero-order chi connectivity index (χ0) is 14.7. The molecule has 1 aliphatic heterocycles. The Labute approximate surface area is 127 Å². The first kappa shape index (κ1) is 14.2. The molecule has 0 aromatic heterocycles. The van der Waals surface area contributed by atoms with E-state index in [1.54, 1.807) is 0 Å². The van der Waals surface area contributed by atoms with Crippen LogP contribution in [0.1, 0.15) is 35.6 Å². The minimum atomic E-state index is -0.343. The van der Waals surface area contributed by atoms with Gasteiger partial charge in [-0.15, -0.1) is 0 Å². The molecule has 0 radical (unpaired) electrons. The van der Waals surface area contributed by atoms with Gasteiger partial charge in [0, 0.05) is 19.3 Å². The van der Waals surface area contributed by atoms with E-state index in [1.807, 2.05) is 6.07 Å². The predicted octanol–water partition coefficient (Wildman–Crippen LogP) is 3.74. The molecule has 1 heterocycles. The van der Waals surface area contributed by atoms with Crippen molar-refractivity contribution in [2.75, 3.05) is 18.5 Å². The maximum absolute atomic E-state index is 10.4. The SMILES string of the molecule is CN1CCc2cc(C(O)CCCc3ccccc3)ccc21. The van der Waals surface area contributed by atoms with Crippen molar-refractivity contribution in [3.05, 3.63) is 65.2 Å². The Kier molecular flexibility index (Phi) is 4.26. The number of hydrogen-bond donors (Lipinski definition) is 1. The Morgan fingerprint density at radius 1 is 1.14 bits per heavy atom. The fraction of sp³-hybridized carbons (Fsp3) is 0.368. The van der Waals surface area contributed by atoms with Crippen LogP contribution in [0.5, 0.6) is 0 Å². The molecule has 2 nitrogen and oxygen atoms in total. The van der Waals surface area contributed by atoms with Gasteiger partial charge in [0.1, 0.15) is 0 Å². The largest absolute Gasteiger partial charge is 0.388 e. The highest BCUT2D eigenvalue weighted by Gasteiger charge is 2.17. The van der Waals surface area contributed by atoms with Gasteiger partial charge in [-0.25, -0.2) is 0 Å². The van der Waals surface area contributed by atoms with Crippen molar-refractivity contribution >= 4 is 5.69 Å². The molecular weight excluding hydrogens is 258 g/mol. The van der Waals surface area contributed by atoms with Crippen LogP contribution in [0.25, 0.3) is 0 Å². The van der Waals surface area contributed by atoms with E-state index in [9.17, 15) is 5.11 Å². The number of nitrogens with zero attached hydrogens (tertiary/aromatic N) is 1. The molecule has 21 heavy (non-hydrogen) atoms. The van der Waals surface area contributed by atoms with Crippen LogP contribution in [0.4, 0.5) is 5.69 Å². The number of likely N-dealkylation sites (N-methyl/N-ethyl adjacent to an activating group) is 1. The summed E-state index contributed by atoms with van der Waals surface area (Å²) in [7, 11) is 2.13. The normalized spacial score (nSPS) is 15.0. The number of aliphatic hydroxyl groups is 1. The van der Waals surface area contributed by atoms with Gasteiger partial charge in [0.05, 0.1) is 6.10 Å². The van der Waals surface area contributed by atoms with Crippen molar-refractivity contribution in [3.63, 3.8) is 0 Å². The molecule has 2 heteroatoms. The van der Waals surface area contributed by atoms with Gasteiger partial charge in [-0.1, -0.05) is 42.5 Å². The van der Waals surface area contributed by atoms with E-state index in [4.69, 9.17) is 0 Å². The van der Waals surface area contributed by atoms with Crippen LogP contribution in [0.2, 0.25) is 0 Å². The fourth-order valence-corrected chi connectivity index (χ4v) is 3.10. The van der Waals surface area contributed by atoms with Crippen LogP contribution in [0.3, 0.4) is 0 Å². The number of rotatable bonds is 5. The molecule has 1 atom stereocenters. The van der Waals surface area contributed by atoms with Gasteiger partial charge in [0.2, 0.25) is 0 Å². The van der Waals surface area contributed by atoms with E-state index in [0.717, 1.165) is 37.8 Å². The molecule has 0 saturated carbocycles. The fourth-order valence-electron chi connectivity index (χ4n) is 3.10. The van der Waals surface area contributed by atoms with Crippen LogP contribution in [0, 0.1) is 0 Å². The highest BCUT2D eigenvalue weighted by Crippen LogP contribution is 2.30. The molecule has 2 aromatic rings. The first-order valence-corrected chi connectivity index (χ1v) is 7.80. The molecule has 1 unspecified atom stereocenters. The zero-order valence-corrected chi connectivity index (χ0v) is 12.6. The van der Waals surface area contributed by atoms with Crippen LogP contribution in [-0.4, -0.2) is 18.7 Å². The van der Waals surface area contributed by atoms with E-state index >= 15 is 0 Å². The van der Waals surface area contributed by atoms with Crippen molar-refractivity contribution in [1.82, 2.24) is 0 Å². The molecule has 0 aliphatic carbocycles. The highest BCUT2D eigenvalue weighted by atomic mass is 16.3. The lowest BCUT2D eigenvalue weighted by Gasteiger charge is -2.15. The molecule has 1 aliphatic rings. The molecule has 1 N–H and O–H groups in total. The third-order valence-corrected chi connectivity index (χ3v) is 4.40. The molecule has 0 saturated heterocycles. The van der Waals surface area contributed by atoms with Gasteiger partial charge in [-0.05, 0) is 48.4 Å². The van der Waals surface area contributed by atoms with Crippen LogP contribution < -0.4 is 4.90 Å². The first-order valence-electron chi connectivity index (χ1n) is 7.80. The Bertz CT molecular complexity index is 594. The summed E-state index contributed by atoms with van der Waals surface area (Å²) in [4.78, 5) is 2.28. The quantitative estimate of drug-likeness (QED) is 0.902. The average molecular weight is 281 g/mol.